The van der Waals surface area contributed by atoms with Gasteiger partial charge in [0.1, 0.15) is 0 Å². The van der Waals surface area contributed by atoms with E-state index in [9.17, 15) is 4.79 Å². The zero-order chi connectivity index (χ0) is 16.4. The largest absolute Gasteiger partial charge is 0.454 e. The molecule has 6 heteroatoms. The third kappa shape index (κ3) is 3.43. The van der Waals surface area contributed by atoms with Crippen molar-refractivity contribution >= 4 is 5.91 Å². The number of amides is 1. The molecule has 6 nitrogen and oxygen atoms in total. The number of piperazine rings is 1. The number of nitrogens with one attached hydrogen (secondary N) is 1. The Bertz CT molecular complexity index is 580. The average Bonchev–Trinajstić information content (AvgIpc) is 3.01. The third-order valence-electron chi connectivity index (χ3n) is 4.68. The van der Waals surface area contributed by atoms with Crippen LogP contribution >= 0.6 is 0 Å². The van der Waals surface area contributed by atoms with Gasteiger partial charge in [0.25, 0.3) is 5.91 Å². The molecule has 0 atom stereocenters. The first-order chi connectivity index (χ1) is 11.0. The quantitative estimate of drug-likeness (QED) is 0.903. The maximum Gasteiger partial charge on any atom is 0.255 e. The molecular weight excluding hydrogens is 294 g/mol. The highest BCUT2D eigenvalue weighted by Crippen LogP contribution is 2.35. The van der Waals surface area contributed by atoms with Crippen molar-refractivity contribution in [3.8, 4) is 11.5 Å². The summed E-state index contributed by atoms with van der Waals surface area (Å²) in [5.41, 5.74) is 0.459. The molecule has 1 saturated heterocycles. The van der Waals surface area contributed by atoms with Crippen LogP contribution in [0.4, 0.5) is 0 Å². The number of hydrogen-bond donors (Lipinski definition) is 1. The van der Waals surface area contributed by atoms with Gasteiger partial charge in [-0.1, -0.05) is 6.07 Å². The van der Waals surface area contributed by atoms with Crippen LogP contribution in [0.1, 0.15) is 24.2 Å². The van der Waals surface area contributed by atoms with Gasteiger partial charge in [0, 0.05) is 38.3 Å². The molecular formula is C17H25N3O3. The molecule has 3 rings (SSSR count). The molecule has 0 radical (unpaired) electrons. The zero-order valence-electron chi connectivity index (χ0n) is 14.1. The number of carbonyl (C=O) groups excluding carboxylic acids is 1. The molecule has 0 aliphatic carbocycles. The summed E-state index contributed by atoms with van der Waals surface area (Å²) in [7, 11) is 2.14. The Kier molecular flexibility index (Phi) is 4.46. The predicted molar refractivity (Wildman–Crippen MR) is 88.0 cm³/mol. The lowest BCUT2D eigenvalue weighted by Crippen LogP contribution is -2.57. The van der Waals surface area contributed by atoms with Gasteiger partial charge in [-0.3, -0.25) is 9.69 Å². The van der Waals surface area contributed by atoms with Gasteiger partial charge < -0.3 is 19.7 Å². The summed E-state index contributed by atoms with van der Waals surface area (Å²) in [5, 5.41) is 3.05. The molecule has 1 amide bonds. The Hall–Kier alpha value is -1.79. The second-order valence-electron chi connectivity index (χ2n) is 6.82. The summed E-state index contributed by atoms with van der Waals surface area (Å²) < 4.78 is 10.7. The summed E-state index contributed by atoms with van der Waals surface area (Å²) in [6.45, 7) is 9.30. The van der Waals surface area contributed by atoms with Crippen LogP contribution in [0.5, 0.6) is 11.5 Å². The van der Waals surface area contributed by atoms with E-state index in [0.717, 1.165) is 26.2 Å². The highest BCUT2D eigenvalue weighted by Gasteiger charge is 2.30. The molecule has 126 valence electrons. The number of nitrogens with zero attached hydrogens (tertiary/aromatic N) is 2. The highest BCUT2D eigenvalue weighted by atomic mass is 16.7. The van der Waals surface area contributed by atoms with E-state index in [1.807, 2.05) is 12.1 Å². The molecule has 0 aromatic heterocycles. The van der Waals surface area contributed by atoms with E-state index >= 15 is 0 Å². The van der Waals surface area contributed by atoms with Crippen LogP contribution in [0, 0.1) is 0 Å². The van der Waals surface area contributed by atoms with E-state index in [1.54, 1.807) is 6.07 Å². The van der Waals surface area contributed by atoms with Crippen LogP contribution in [0.2, 0.25) is 0 Å². The van der Waals surface area contributed by atoms with Crippen molar-refractivity contribution in [3.63, 3.8) is 0 Å². The average molecular weight is 319 g/mol. The lowest BCUT2D eigenvalue weighted by atomic mass is 10.0. The molecule has 0 unspecified atom stereocenters. The van der Waals surface area contributed by atoms with Crippen LogP contribution in [0.25, 0.3) is 0 Å². The van der Waals surface area contributed by atoms with Crippen LogP contribution in [0.15, 0.2) is 18.2 Å². The molecule has 1 aromatic carbocycles. The molecule has 2 aliphatic rings. The first-order valence-electron chi connectivity index (χ1n) is 8.08. The maximum atomic E-state index is 12.5. The topological polar surface area (TPSA) is 54.0 Å². The summed E-state index contributed by atoms with van der Waals surface area (Å²) in [4.78, 5) is 17.3. The lowest BCUT2D eigenvalue weighted by molar-refractivity contribution is 0.0587. The highest BCUT2D eigenvalue weighted by molar-refractivity contribution is 5.98. The molecule has 1 aromatic rings. The van der Waals surface area contributed by atoms with Crippen molar-refractivity contribution in [1.29, 1.82) is 0 Å². The van der Waals surface area contributed by atoms with E-state index in [4.69, 9.17) is 9.47 Å². The molecule has 2 aliphatic heterocycles. The minimum Gasteiger partial charge on any atom is -0.454 e. The Labute approximate surface area is 137 Å². The number of ether oxygens (including phenoxy) is 2. The smallest absolute Gasteiger partial charge is 0.255 e. The normalized spacial score (nSPS) is 18.9. The van der Waals surface area contributed by atoms with Gasteiger partial charge in [0.15, 0.2) is 11.5 Å². The van der Waals surface area contributed by atoms with Crippen LogP contribution < -0.4 is 14.8 Å². The number of rotatable bonds is 4. The lowest BCUT2D eigenvalue weighted by Gasteiger charge is -2.43. The van der Waals surface area contributed by atoms with Crippen LogP contribution in [0.3, 0.4) is 0 Å². The van der Waals surface area contributed by atoms with Crippen LogP contribution in [-0.4, -0.2) is 67.8 Å². The van der Waals surface area contributed by atoms with Crippen molar-refractivity contribution < 1.29 is 14.3 Å². The molecule has 0 spiro atoms. The minimum absolute atomic E-state index is 0.0772. The van der Waals surface area contributed by atoms with Gasteiger partial charge in [-0.15, -0.1) is 0 Å². The van der Waals surface area contributed by atoms with Crippen LogP contribution in [-0.2, 0) is 0 Å². The van der Waals surface area contributed by atoms with Gasteiger partial charge in [0.05, 0.1) is 5.56 Å². The van der Waals surface area contributed by atoms with Gasteiger partial charge in [0.2, 0.25) is 6.79 Å². The van der Waals surface area contributed by atoms with Crippen molar-refractivity contribution in [1.82, 2.24) is 15.1 Å². The number of benzene rings is 1. The van der Waals surface area contributed by atoms with Crippen molar-refractivity contribution in [2.24, 2.45) is 0 Å². The Morgan fingerprint density at radius 3 is 2.70 bits per heavy atom. The zero-order valence-corrected chi connectivity index (χ0v) is 14.1. The summed E-state index contributed by atoms with van der Waals surface area (Å²) >= 11 is 0. The van der Waals surface area contributed by atoms with E-state index in [1.165, 1.54) is 0 Å². The van der Waals surface area contributed by atoms with Crippen molar-refractivity contribution in [3.05, 3.63) is 23.8 Å². The van der Waals surface area contributed by atoms with E-state index in [0.29, 0.717) is 23.6 Å². The SMILES string of the molecule is CN1CCN(C(C)(C)CNC(=O)c2cccc3c2OCO3)CC1. The van der Waals surface area contributed by atoms with E-state index in [-0.39, 0.29) is 18.2 Å². The Morgan fingerprint density at radius 1 is 1.22 bits per heavy atom. The van der Waals surface area contributed by atoms with E-state index < -0.39 is 0 Å². The fourth-order valence-corrected chi connectivity index (χ4v) is 3.02. The first-order valence-corrected chi connectivity index (χ1v) is 8.08. The Balaban J connectivity index is 1.61. The standard InChI is InChI=1S/C17H25N3O3/c1-17(2,20-9-7-19(3)8-10-20)11-18-16(21)13-5-4-6-14-15(13)23-12-22-14/h4-6H,7-12H2,1-3H3,(H,18,21). The number of carbonyl (C=O) groups is 1. The summed E-state index contributed by atoms with van der Waals surface area (Å²) in [5.74, 6) is 1.06. The molecule has 2 heterocycles. The summed E-state index contributed by atoms with van der Waals surface area (Å²) in [6.07, 6.45) is 0. The Morgan fingerprint density at radius 2 is 1.96 bits per heavy atom. The number of fused-ring (bicyclic) bond motifs is 1. The maximum absolute atomic E-state index is 12.5. The monoisotopic (exact) mass is 319 g/mol. The first kappa shape index (κ1) is 16.1. The van der Waals surface area contributed by atoms with Gasteiger partial charge in [-0.05, 0) is 33.0 Å². The second-order valence-corrected chi connectivity index (χ2v) is 6.82. The van der Waals surface area contributed by atoms with E-state index in [2.05, 4.69) is 36.0 Å². The minimum atomic E-state index is -0.116. The second kappa shape index (κ2) is 6.37. The predicted octanol–water partition coefficient (Wildman–Crippen LogP) is 1.17. The number of para-hydroxylation sites is 1. The number of hydrogen-bond acceptors (Lipinski definition) is 5. The molecule has 1 fully saturated rings. The fraction of sp³-hybridized carbons (Fsp3) is 0.588. The number of likely N-dealkylation sites (N-methyl/N-ethyl adjacent to an activating group) is 1. The van der Waals surface area contributed by atoms with Crippen molar-refractivity contribution in [2.75, 3.05) is 46.6 Å². The molecule has 0 bridgehead atoms. The molecule has 0 saturated carbocycles. The van der Waals surface area contributed by atoms with Gasteiger partial charge in [-0.25, -0.2) is 0 Å². The molecule has 23 heavy (non-hydrogen) atoms. The fourth-order valence-electron chi connectivity index (χ4n) is 3.02. The van der Waals surface area contributed by atoms with Gasteiger partial charge in [-0.2, -0.15) is 0 Å². The summed E-state index contributed by atoms with van der Waals surface area (Å²) in [6, 6.07) is 5.40. The molecule has 1 N–H and O–H groups in total. The van der Waals surface area contributed by atoms with Crippen molar-refractivity contribution in [2.45, 2.75) is 19.4 Å². The van der Waals surface area contributed by atoms with Gasteiger partial charge >= 0.3 is 0 Å². The third-order valence-corrected chi connectivity index (χ3v) is 4.68.